The minimum atomic E-state index is -0.274. The van der Waals surface area contributed by atoms with E-state index < -0.39 is 0 Å². The fraction of sp³-hybridized carbons (Fsp3) is 0.381. The van der Waals surface area contributed by atoms with Gasteiger partial charge in [0.05, 0.1) is 0 Å². The highest BCUT2D eigenvalue weighted by molar-refractivity contribution is 5.78. The molecule has 2 aromatic carbocycles. The monoisotopic (exact) mass is 339 g/mol. The Morgan fingerprint density at radius 1 is 0.960 bits per heavy atom. The Bertz CT molecular complexity index is 721. The molecule has 2 N–H and O–H groups in total. The van der Waals surface area contributed by atoms with Gasteiger partial charge in [0.2, 0.25) is 5.91 Å². The number of likely N-dealkylation sites (tertiary alicyclic amines) is 1. The highest BCUT2D eigenvalue weighted by atomic mass is 16.3. The Hall–Kier alpha value is -2.49. The van der Waals surface area contributed by atoms with E-state index in [9.17, 15) is 15.0 Å². The van der Waals surface area contributed by atoms with Crippen LogP contribution in [-0.4, -0.2) is 34.1 Å². The van der Waals surface area contributed by atoms with E-state index in [1.54, 1.807) is 30.3 Å². The van der Waals surface area contributed by atoms with Crippen LogP contribution in [0.2, 0.25) is 0 Å². The van der Waals surface area contributed by atoms with Crippen LogP contribution in [0.3, 0.4) is 0 Å². The summed E-state index contributed by atoms with van der Waals surface area (Å²) in [5.74, 6) is 0.183. The molecule has 0 radical (unpaired) electrons. The summed E-state index contributed by atoms with van der Waals surface area (Å²) >= 11 is 0. The molecule has 2 aromatic rings. The molecule has 4 nitrogen and oxygen atoms in total. The number of hydrogen-bond donors (Lipinski definition) is 2. The first kappa shape index (κ1) is 17.3. The van der Waals surface area contributed by atoms with Crippen molar-refractivity contribution in [1.82, 2.24) is 4.90 Å². The van der Waals surface area contributed by atoms with Crippen LogP contribution in [-0.2, 0) is 4.79 Å². The predicted molar refractivity (Wildman–Crippen MR) is 97.7 cm³/mol. The van der Waals surface area contributed by atoms with Gasteiger partial charge in [-0.05, 0) is 36.6 Å². The summed E-state index contributed by atoms with van der Waals surface area (Å²) in [4.78, 5) is 14.8. The van der Waals surface area contributed by atoms with E-state index in [1.165, 1.54) is 12.8 Å². The quantitative estimate of drug-likeness (QED) is 0.884. The molecular weight excluding hydrogens is 314 g/mol. The first-order valence-electron chi connectivity index (χ1n) is 9.00. The van der Waals surface area contributed by atoms with Gasteiger partial charge in [0.15, 0.2) is 0 Å². The third-order valence-electron chi connectivity index (χ3n) is 4.92. The van der Waals surface area contributed by atoms with Crippen LogP contribution in [0.1, 0.15) is 49.1 Å². The lowest BCUT2D eigenvalue weighted by atomic mass is 9.87. The van der Waals surface area contributed by atoms with E-state index in [1.807, 2.05) is 23.1 Å². The molecule has 1 heterocycles. The SMILES string of the molecule is O=C(CC(c1cccc(O)c1)c1ccccc1O)N1CCCCCC1. The molecule has 1 unspecified atom stereocenters. The molecule has 0 bridgehead atoms. The number of carbonyl (C=O) groups excluding carboxylic acids is 1. The molecule has 0 aromatic heterocycles. The Morgan fingerprint density at radius 2 is 1.68 bits per heavy atom. The van der Waals surface area contributed by atoms with Gasteiger partial charge in [-0.1, -0.05) is 43.2 Å². The maximum Gasteiger partial charge on any atom is 0.223 e. The van der Waals surface area contributed by atoms with E-state index in [-0.39, 0.29) is 23.3 Å². The number of aromatic hydroxyl groups is 2. The fourth-order valence-electron chi connectivity index (χ4n) is 3.55. The second-order valence-corrected chi connectivity index (χ2v) is 6.71. The Balaban J connectivity index is 1.88. The zero-order valence-electron chi connectivity index (χ0n) is 14.4. The van der Waals surface area contributed by atoms with E-state index in [4.69, 9.17) is 0 Å². The number of benzene rings is 2. The lowest BCUT2D eigenvalue weighted by molar-refractivity contribution is -0.131. The summed E-state index contributed by atoms with van der Waals surface area (Å²) in [5.41, 5.74) is 1.56. The van der Waals surface area contributed by atoms with Crippen LogP contribution < -0.4 is 0 Å². The van der Waals surface area contributed by atoms with Crippen molar-refractivity contribution in [3.8, 4) is 11.5 Å². The molecule has 0 spiro atoms. The third-order valence-corrected chi connectivity index (χ3v) is 4.92. The summed E-state index contributed by atoms with van der Waals surface area (Å²) < 4.78 is 0. The molecule has 0 saturated carbocycles. The number of amides is 1. The summed E-state index contributed by atoms with van der Waals surface area (Å²) in [6.45, 7) is 1.62. The summed E-state index contributed by atoms with van der Waals surface area (Å²) in [5, 5.41) is 20.1. The standard InChI is InChI=1S/C21H25NO3/c23-17-9-7-8-16(14-17)19(18-10-3-4-11-20(18)24)15-21(25)22-12-5-1-2-6-13-22/h3-4,7-11,14,19,23-24H,1-2,5-6,12-13,15H2. The minimum absolute atomic E-state index is 0.110. The first-order valence-corrected chi connectivity index (χ1v) is 9.00. The van der Waals surface area contributed by atoms with Crippen molar-refractivity contribution in [2.45, 2.75) is 38.0 Å². The molecule has 132 valence electrons. The van der Waals surface area contributed by atoms with Crippen molar-refractivity contribution in [1.29, 1.82) is 0 Å². The van der Waals surface area contributed by atoms with Crippen molar-refractivity contribution >= 4 is 5.91 Å². The van der Waals surface area contributed by atoms with Crippen LogP contribution in [0.25, 0.3) is 0 Å². The summed E-state index contributed by atoms with van der Waals surface area (Å²) in [6.07, 6.45) is 4.76. The molecule has 1 aliphatic heterocycles. The van der Waals surface area contributed by atoms with Crippen LogP contribution >= 0.6 is 0 Å². The number of hydrogen-bond acceptors (Lipinski definition) is 3. The topological polar surface area (TPSA) is 60.8 Å². The first-order chi connectivity index (χ1) is 12.1. The molecule has 1 amide bonds. The molecule has 4 heteroatoms. The normalized spacial score (nSPS) is 16.2. The molecular formula is C21H25NO3. The average Bonchev–Trinajstić information content (AvgIpc) is 2.90. The van der Waals surface area contributed by atoms with E-state index in [0.29, 0.717) is 6.42 Å². The van der Waals surface area contributed by atoms with Gasteiger partial charge in [-0.2, -0.15) is 0 Å². The smallest absolute Gasteiger partial charge is 0.223 e. The molecule has 3 rings (SSSR count). The zero-order valence-corrected chi connectivity index (χ0v) is 14.4. The number of phenols is 2. The van der Waals surface area contributed by atoms with Crippen LogP contribution in [0.4, 0.5) is 0 Å². The van der Waals surface area contributed by atoms with Crippen molar-refractivity contribution in [3.63, 3.8) is 0 Å². The molecule has 0 aliphatic carbocycles. The van der Waals surface area contributed by atoms with Crippen LogP contribution in [0, 0.1) is 0 Å². The molecule has 1 aliphatic rings. The second kappa shape index (κ2) is 8.06. The predicted octanol–water partition coefficient (Wildman–Crippen LogP) is 4.02. The zero-order chi connectivity index (χ0) is 17.6. The Morgan fingerprint density at radius 3 is 2.36 bits per heavy atom. The Kier molecular flexibility index (Phi) is 5.59. The van der Waals surface area contributed by atoms with Crippen LogP contribution in [0.5, 0.6) is 11.5 Å². The van der Waals surface area contributed by atoms with Gasteiger partial charge in [-0.25, -0.2) is 0 Å². The molecule has 1 atom stereocenters. The van der Waals surface area contributed by atoms with Gasteiger partial charge < -0.3 is 15.1 Å². The lowest BCUT2D eigenvalue weighted by Gasteiger charge is -2.25. The van der Waals surface area contributed by atoms with Gasteiger partial charge in [-0.3, -0.25) is 4.79 Å². The van der Waals surface area contributed by atoms with E-state index in [2.05, 4.69) is 0 Å². The van der Waals surface area contributed by atoms with Gasteiger partial charge >= 0.3 is 0 Å². The molecule has 1 saturated heterocycles. The number of para-hydroxylation sites is 1. The average molecular weight is 339 g/mol. The van der Waals surface area contributed by atoms with Gasteiger partial charge in [0, 0.05) is 31.0 Å². The van der Waals surface area contributed by atoms with Crippen molar-refractivity contribution in [2.75, 3.05) is 13.1 Å². The summed E-state index contributed by atoms with van der Waals surface area (Å²) in [7, 11) is 0. The summed E-state index contributed by atoms with van der Waals surface area (Å²) in [6, 6.07) is 14.1. The molecule has 1 fully saturated rings. The number of rotatable bonds is 4. The van der Waals surface area contributed by atoms with Crippen molar-refractivity contribution in [2.24, 2.45) is 0 Å². The van der Waals surface area contributed by atoms with Gasteiger partial charge in [-0.15, -0.1) is 0 Å². The van der Waals surface area contributed by atoms with Gasteiger partial charge in [0.1, 0.15) is 11.5 Å². The maximum atomic E-state index is 12.9. The maximum absolute atomic E-state index is 12.9. The highest BCUT2D eigenvalue weighted by Crippen LogP contribution is 2.35. The van der Waals surface area contributed by atoms with E-state index in [0.717, 1.165) is 37.1 Å². The number of carbonyl (C=O) groups is 1. The van der Waals surface area contributed by atoms with Crippen LogP contribution in [0.15, 0.2) is 48.5 Å². The van der Waals surface area contributed by atoms with Crippen molar-refractivity contribution in [3.05, 3.63) is 59.7 Å². The minimum Gasteiger partial charge on any atom is -0.508 e. The number of phenolic OH excluding ortho intramolecular Hbond substituents is 2. The molecule has 25 heavy (non-hydrogen) atoms. The van der Waals surface area contributed by atoms with Crippen molar-refractivity contribution < 1.29 is 15.0 Å². The lowest BCUT2D eigenvalue weighted by Crippen LogP contribution is -2.33. The second-order valence-electron chi connectivity index (χ2n) is 6.71. The highest BCUT2D eigenvalue weighted by Gasteiger charge is 2.24. The fourth-order valence-corrected chi connectivity index (χ4v) is 3.55. The van der Waals surface area contributed by atoms with Gasteiger partial charge in [0.25, 0.3) is 0 Å². The number of nitrogens with zero attached hydrogens (tertiary/aromatic N) is 1. The third kappa shape index (κ3) is 4.32. The largest absolute Gasteiger partial charge is 0.508 e. The Labute approximate surface area is 148 Å². The van der Waals surface area contributed by atoms with E-state index >= 15 is 0 Å².